The van der Waals surface area contributed by atoms with E-state index in [0.717, 1.165) is 0 Å². The van der Waals surface area contributed by atoms with Crippen LogP contribution in [0, 0.1) is 9.81 Å². The van der Waals surface area contributed by atoms with E-state index in [4.69, 9.17) is 15.0 Å². The molecule has 0 fully saturated rings. The molecule has 0 amide bonds. The maximum atomic E-state index is 9.00. The molecule has 0 aromatic carbocycles. The first kappa shape index (κ1) is 16.2. The van der Waals surface area contributed by atoms with Gasteiger partial charge in [0.2, 0.25) is 0 Å². The van der Waals surface area contributed by atoms with Gasteiger partial charge in [0, 0.05) is 14.8 Å². The Morgan fingerprint density at radius 2 is 2.00 bits per heavy atom. The zero-order chi connectivity index (χ0) is 4.99. The molecule has 6 nitrogen and oxygen atoms in total. The van der Waals surface area contributed by atoms with Crippen molar-refractivity contribution >= 4 is 80.9 Å². The summed E-state index contributed by atoms with van der Waals surface area (Å²) in [5, 5.41) is 7.81. The molecule has 0 saturated heterocycles. The molecule has 0 aromatic rings. The van der Waals surface area contributed by atoms with E-state index in [2.05, 4.69) is 4.94 Å². The quantitative estimate of drug-likeness (QED) is 0.299. The monoisotopic (exact) mass is 157 g/mol. The van der Waals surface area contributed by atoms with E-state index in [1.807, 2.05) is 0 Å². The molecule has 1 N–H and O–H groups in total. The first-order valence-electron chi connectivity index (χ1n) is 0.930. The van der Waals surface area contributed by atoms with Gasteiger partial charge in [0.05, 0.1) is 0 Å². The van der Waals surface area contributed by atoms with Crippen LogP contribution in [0.2, 0.25) is 0 Å². The fraction of sp³-hybridized carbons (Fsp3) is 0. The van der Waals surface area contributed by atoms with E-state index >= 15 is 0 Å². The molecule has 38 valence electrons. The molecule has 0 aromatic heterocycles. The number of hydrogen-bond donors (Lipinski definition) is 1. The van der Waals surface area contributed by atoms with E-state index in [-0.39, 0.29) is 80.9 Å². The average Bonchev–Trinajstić information content (AvgIpc) is 1.35. The fourth-order valence-electron chi connectivity index (χ4n) is 0.0285. The minimum atomic E-state index is -1.05. The van der Waals surface area contributed by atoms with Crippen LogP contribution in [0.25, 0.3) is 0 Å². The van der Waals surface area contributed by atoms with Gasteiger partial charge in [-0.15, -0.1) is 0 Å². The standard InChI is InChI=1S/K.HN2O4.Na.2H/c;3-1-6-2(4)5;;;/h;(H,4,5);;;/q;+1;;;. The first-order chi connectivity index (χ1) is 2.77. The summed E-state index contributed by atoms with van der Waals surface area (Å²) in [5.41, 5.74) is 0. The molecule has 0 aliphatic heterocycles. The van der Waals surface area contributed by atoms with E-state index in [1.165, 1.54) is 0 Å². The number of hydrogen-bond acceptors (Lipinski definition) is 4. The van der Waals surface area contributed by atoms with Crippen molar-refractivity contribution < 1.29 is 15.2 Å². The van der Waals surface area contributed by atoms with Crippen molar-refractivity contribution in [3.63, 3.8) is 0 Å². The van der Waals surface area contributed by atoms with Gasteiger partial charge >= 0.3 is 91.4 Å². The van der Waals surface area contributed by atoms with Crippen LogP contribution in [0.15, 0.2) is 5.34 Å². The van der Waals surface area contributed by atoms with Gasteiger partial charge in [0.25, 0.3) is 0 Å². The molecular weight excluding hydrogens is 154 g/mol. The average molecular weight is 157 g/mol. The van der Waals surface area contributed by atoms with Crippen LogP contribution in [0.4, 0.5) is 0 Å². The van der Waals surface area contributed by atoms with E-state index < -0.39 is 5.09 Å². The summed E-state index contributed by atoms with van der Waals surface area (Å²) >= 11 is 0. The van der Waals surface area contributed by atoms with Crippen LogP contribution in [0.1, 0.15) is 0 Å². The van der Waals surface area contributed by atoms with Crippen LogP contribution in [0.3, 0.4) is 0 Å². The fourth-order valence-corrected chi connectivity index (χ4v) is 0.0285. The van der Waals surface area contributed by atoms with Crippen LogP contribution >= 0.6 is 0 Å². The molecular formula is H3KN2NaO4+. The molecule has 0 aliphatic carbocycles. The molecule has 0 bridgehead atoms. The van der Waals surface area contributed by atoms with E-state index in [9.17, 15) is 0 Å². The Labute approximate surface area is 109 Å². The summed E-state index contributed by atoms with van der Waals surface area (Å²) in [4.78, 5) is 20.7. The van der Waals surface area contributed by atoms with Crippen molar-refractivity contribution in [1.29, 1.82) is 0 Å². The van der Waals surface area contributed by atoms with Crippen LogP contribution in [-0.2, 0) is 4.94 Å². The molecule has 8 heavy (non-hydrogen) atoms. The summed E-state index contributed by atoms with van der Waals surface area (Å²) in [7, 11) is 0. The van der Waals surface area contributed by atoms with Gasteiger partial charge in [-0.1, -0.05) is 0 Å². The van der Waals surface area contributed by atoms with Gasteiger partial charge < -0.3 is 0 Å². The van der Waals surface area contributed by atoms with E-state index in [0.29, 0.717) is 0 Å². The predicted octanol–water partition coefficient (Wildman–Crippen LogP) is -1.53. The Morgan fingerprint density at radius 1 is 1.62 bits per heavy atom. The predicted molar refractivity (Wildman–Crippen MR) is 26.6 cm³/mol. The summed E-state index contributed by atoms with van der Waals surface area (Å²) < 4.78 is 0. The van der Waals surface area contributed by atoms with Crippen molar-refractivity contribution in [3.05, 3.63) is 9.81 Å². The third-order valence-electron chi connectivity index (χ3n) is 0.103. The van der Waals surface area contributed by atoms with Gasteiger partial charge in [0.15, 0.2) is 0 Å². The normalized spacial score (nSPS) is 5.00. The summed E-state index contributed by atoms with van der Waals surface area (Å²) in [6.07, 6.45) is 0. The van der Waals surface area contributed by atoms with Crippen LogP contribution < -0.4 is 0 Å². The Hall–Kier alpha value is 1.44. The molecule has 0 saturated carbocycles. The van der Waals surface area contributed by atoms with Crippen molar-refractivity contribution in [1.82, 2.24) is 0 Å². The Morgan fingerprint density at radius 3 is 2.00 bits per heavy atom. The van der Waals surface area contributed by atoms with Crippen molar-refractivity contribution in [2.24, 2.45) is 5.34 Å². The van der Waals surface area contributed by atoms with Crippen molar-refractivity contribution in [2.45, 2.75) is 0 Å². The molecule has 0 heterocycles. The number of nitrogens with zero attached hydrogens (tertiary/aromatic N) is 2. The van der Waals surface area contributed by atoms with Crippen LogP contribution in [-0.4, -0.2) is 91.2 Å². The molecule has 8 heteroatoms. The third-order valence-corrected chi connectivity index (χ3v) is 0.103. The third kappa shape index (κ3) is 15.7. The minimum absolute atomic E-state index is 0. The zero-order valence-corrected chi connectivity index (χ0v) is 2.57. The second-order valence-electron chi connectivity index (χ2n) is 0.394. The summed E-state index contributed by atoms with van der Waals surface area (Å²) in [6.45, 7) is 0. The molecule has 0 spiro atoms. The Bertz CT molecular complexity index is 74.4. The van der Waals surface area contributed by atoms with Gasteiger partial charge in [-0.3, -0.25) is 5.21 Å². The summed E-state index contributed by atoms with van der Waals surface area (Å²) in [6, 6.07) is 0. The van der Waals surface area contributed by atoms with Gasteiger partial charge in [-0.2, -0.15) is 0 Å². The van der Waals surface area contributed by atoms with Crippen molar-refractivity contribution in [2.75, 3.05) is 0 Å². The maximum absolute atomic E-state index is 9.00. The molecule has 0 unspecified atom stereocenters. The van der Waals surface area contributed by atoms with Crippen LogP contribution in [0.5, 0.6) is 0 Å². The molecule has 0 atom stereocenters. The number of rotatable bonds is 2. The van der Waals surface area contributed by atoms with Gasteiger partial charge in [-0.05, 0) is 0 Å². The van der Waals surface area contributed by atoms with Crippen molar-refractivity contribution in [3.8, 4) is 0 Å². The molecule has 0 radical (unpaired) electrons. The molecule has 0 aliphatic rings. The first-order valence-corrected chi connectivity index (χ1v) is 0.930. The SMILES string of the molecule is O=NO[N+](=O)O.[KH].[NaH]. The molecule has 0 rings (SSSR count). The Kier molecular flexibility index (Phi) is 22.8. The Balaban J connectivity index is -0.000000125. The summed E-state index contributed by atoms with van der Waals surface area (Å²) in [5.74, 6) is 0. The van der Waals surface area contributed by atoms with E-state index in [1.54, 1.807) is 5.34 Å². The van der Waals surface area contributed by atoms with Gasteiger partial charge in [0.1, 0.15) is 0 Å². The van der Waals surface area contributed by atoms with Gasteiger partial charge in [-0.25, -0.2) is 0 Å². The topological polar surface area (TPSA) is 79.0 Å². The zero-order valence-electron chi connectivity index (χ0n) is 2.57. The second-order valence-corrected chi connectivity index (χ2v) is 0.394. The second kappa shape index (κ2) is 11.3.